The summed E-state index contributed by atoms with van der Waals surface area (Å²) in [5.41, 5.74) is 0. The van der Waals surface area contributed by atoms with Crippen LogP contribution in [-0.4, -0.2) is 39.4 Å². The van der Waals surface area contributed by atoms with E-state index < -0.39 is 10.0 Å². The molecule has 0 aromatic heterocycles. The van der Waals surface area contributed by atoms with Crippen LogP contribution in [0.1, 0.15) is 6.42 Å². The summed E-state index contributed by atoms with van der Waals surface area (Å²) in [6.45, 7) is 1.98. The molecule has 0 amide bonds. The number of rotatable bonds is 4. The van der Waals surface area contributed by atoms with Gasteiger partial charge in [0.05, 0.1) is 4.90 Å². The van der Waals surface area contributed by atoms with Gasteiger partial charge in [-0.1, -0.05) is 11.6 Å². The first-order valence-corrected chi connectivity index (χ1v) is 8.66. The second-order valence-corrected chi connectivity index (χ2v) is 7.85. The van der Waals surface area contributed by atoms with Crippen molar-refractivity contribution in [3.8, 4) is 0 Å². The maximum atomic E-state index is 12.5. The van der Waals surface area contributed by atoms with Crippen LogP contribution in [-0.2, 0) is 10.0 Å². The molecule has 1 aliphatic heterocycles. The number of hydrogen-bond donors (Lipinski definition) is 1. The highest BCUT2D eigenvalue weighted by Crippen LogP contribution is 2.30. The maximum absolute atomic E-state index is 12.5. The van der Waals surface area contributed by atoms with Crippen molar-refractivity contribution in [2.45, 2.75) is 11.3 Å². The van der Waals surface area contributed by atoms with Crippen LogP contribution in [0.5, 0.6) is 0 Å². The largest absolute Gasteiger partial charge is 0.319 e. The van der Waals surface area contributed by atoms with E-state index in [2.05, 4.69) is 21.2 Å². The summed E-state index contributed by atoms with van der Waals surface area (Å²) in [5, 5.41) is 3.61. The summed E-state index contributed by atoms with van der Waals surface area (Å²) in [4.78, 5) is 0.280. The van der Waals surface area contributed by atoms with Crippen molar-refractivity contribution < 1.29 is 8.42 Å². The van der Waals surface area contributed by atoms with E-state index in [1.165, 1.54) is 0 Å². The normalized spacial score (nSPS) is 20.9. The van der Waals surface area contributed by atoms with Gasteiger partial charge < -0.3 is 5.32 Å². The molecule has 7 heteroatoms. The zero-order valence-electron chi connectivity index (χ0n) is 10.6. The van der Waals surface area contributed by atoms with Crippen molar-refractivity contribution in [3.05, 3.63) is 27.7 Å². The predicted octanol–water partition coefficient (Wildman–Crippen LogP) is 2.33. The van der Waals surface area contributed by atoms with Crippen molar-refractivity contribution in [1.29, 1.82) is 0 Å². The first-order valence-electron chi connectivity index (χ1n) is 6.05. The Labute approximate surface area is 127 Å². The summed E-state index contributed by atoms with van der Waals surface area (Å²) in [6, 6.07) is 4.75. The fourth-order valence-corrected chi connectivity index (χ4v) is 5.17. The molecule has 1 N–H and O–H groups in total. The van der Waals surface area contributed by atoms with Crippen LogP contribution in [0.15, 0.2) is 27.6 Å². The van der Waals surface area contributed by atoms with Gasteiger partial charge in [0.2, 0.25) is 10.0 Å². The Morgan fingerprint density at radius 3 is 2.89 bits per heavy atom. The zero-order valence-corrected chi connectivity index (χ0v) is 13.7. The molecule has 1 saturated heterocycles. The maximum Gasteiger partial charge on any atom is 0.244 e. The van der Waals surface area contributed by atoms with Crippen LogP contribution in [0.25, 0.3) is 0 Å². The molecule has 0 radical (unpaired) electrons. The van der Waals surface area contributed by atoms with Gasteiger partial charge in [0.15, 0.2) is 0 Å². The van der Waals surface area contributed by atoms with Gasteiger partial charge >= 0.3 is 0 Å². The molecule has 106 valence electrons. The van der Waals surface area contributed by atoms with Crippen LogP contribution >= 0.6 is 27.5 Å². The lowest BCUT2D eigenvalue weighted by Gasteiger charge is -2.17. The molecule has 19 heavy (non-hydrogen) atoms. The van der Waals surface area contributed by atoms with Gasteiger partial charge in [-0.3, -0.25) is 0 Å². The smallest absolute Gasteiger partial charge is 0.244 e. The quantitative estimate of drug-likeness (QED) is 0.888. The second-order valence-electron chi connectivity index (χ2n) is 4.65. The van der Waals surface area contributed by atoms with Crippen LogP contribution in [0, 0.1) is 5.92 Å². The minimum absolute atomic E-state index is 0.280. The summed E-state index contributed by atoms with van der Waals surface area (Å²) < 4.78 is 27.2. The number of nitrogens with one attached hydrogen (secondary N) is 1. The Bertz CT molecular complexity index is 565. The lowest BCUT2D eigenvalue weighted by molar-refractivity contribution is 0.451. The van der Waals surface area contributed by atoms with Crippen LogP contribution in [0.2, 0.25) is 5.02 Å². The third-order valence-corrected chi connectivity index (χ3v) is 6.33. The predicted molar refractivity (Wildman–Crippen MR) is 79.9 cm³/mol. The fraction of sp³-hybridized carbons (Fsp3) is 0.500. The van der Waals surface area contributed by atoms with Crippen LogP contribution in [0.4, 0.5) is 0 Å². The highest BCUT2D eigenvalue weighted by Gasteiger charge is 2.33. The van der Waals surface area contributed by atoms with Crippen molar-refractivity contribution >= 4 is 37.6 Å². The molecule has 1 unspecified atom stereocenters. The third kappa shape index (κ3) is 3.31. The van der Waals surface area contributed by atoms with Crippen molar-refractivity contribution in [2.75, 3.05) is 26.7 Å². The molecular weight excluding hydrogens is 352 g/mol. The molecule has 1 aromatic rings. The minimum atomic E-state index is -3.44. The Morgan fingerprint density at radius 2 is 2.26 bits per heavy atom. The fourth-order valence-electron chi connectivity index (χ4n) is 2.29. The average Bonchev–Trinajstić information content (AvgIpc) is 2.78. The molecule has 2 rings (SSSR count). The lowest BCUT2D eigenvalue weighted by Crippen LogP contribution is -2.30. The summed E-state index contributed by atoms with van der Waals surface area (Å²) >= 11 is 9.12. The number of hydrogen-bond acceptors (Lipinski definition) is 3. The first-order chi connectivity index (χ1) is 8.95. The van der Waals surface area contributed by atoms with E-state index in [0.29, 0.717) is 28.5 Å². The van der Waals surface area contributed by atoms with Crippen molar-refractivity contribution in [3.63, 3.8) is 0 Å². The Morgan fingerprint density at radius 1 is 1.53 bits per heavy atom. The monoisotopic (exact) mass is 366 g/mol. The average molecular weight is 368 g/mol. The second kappa shape index (κ2) is 6.10. The molecule has 0 aliphatic carbocycles. The summed E-state index contributed by atoms with van der Waals surface area (Å²) in [6.07, 6.45) is 0.894. The Balaban J connectivity index is 2.23. The van der Waals surface area contributed by atoms with Crippen molar-refractivity contribution in [1.82, 2.24) is 9.62 Å². The van der Waals surface area contributed by atoms with Gasteiger partial charge in [0.1, 0.15) is 0 Å². The van der Waals surface area contributed by atoms with E-state index in [1.807, 2.05) is 7.05 Å². The first kappa shape index (κ1) is 15.3. The number of benzene rings is 1. The van der Waals surface area contributed by atoms with E-state index >= 15 is 0 Å². The van der Waals surface area contributed by atoms with Crippen LogP contribution in [0.3, 0.4) is 0 Å². The van der Waals surface area contributed by atoms with E-state index in [4.69, 9.17) is 11.6 Å². The van der Waals surface area contributed by atoms with Gasteiger partial charge in [0, 0.05) is 22.6 Å². The van der Waals surface area contributed by atoms with Gasteiger partial charge in [0.25, 0.3) is 0 Å². The van der Waals surface area contributed by atoms with Crippen LogP contribution < -0.4 is 5.32 Å². The molecular formula is C12H16BrClN2O2S. The molecule has 0 bridgehead atoms. The molecule has 1 aliphatic rings. The molecule has 1 heterocycles. The lowest BCUT2D eigenvalue weighted by atomic mass is 10.1. The Kier molecular flexibility index (Phi) is 4.89. The molecule has 0 saturated carbocycles. The highest BCUT2D eigenvalue weighted by molar-refractivity contribution is 9.10. The summed E-state index contributed by atoms with van der Waals surface area (Å²) in [5.74, 6) is 0.380. The minimum Gasteiger partial charge on any atom is -0.319 e. The third-order valence-electron chi connectivity index (χ3n) is 3.25. The highest BCUT2D eigenvalue weighted by atomic mass is 79.9. The van der Waals surface area contributed by atoms with Gasteiger partial charge in [-0.05, 0) is 60.1 Å². The molecule has 1 fully saturated rings. The molecule has 0 spiro atoms. The summed E-state index contributed by atoms with van der Waals surface area (Å²) in [7, 11) is -1.56. The van der Waals surface area contributed by atoms with Gasteiger partial charge in [-0.15, -0.1) is 0 Å². The molecule has 1 aromatic carbocycles. The van der Waals surface area contributed by atoms with Gasteiger partial charge in [-0.25, -0.2) is 8.42 Å². The Hall–Kier alpha value is -0.140. The standard InChI is InChI=1S/C12H16BrClN2O2S/c1-15-7-9-4-5-16(8-9)19(17,18)12-3-2-10(14)6-11(12)13/h2-3,6,9,15H,4-5,7-8H2,1H3. The van der Waals surface area contributed by atoms with Crippen molar-refractivity contribution in [2.24, 2.45) is 5.92 Å². The van der Waals surface area contributed by atoms with Gasteiger partial charge in [-0.2, -0.15) is 4.31 Å². The SMILES string of the molecule is CNCC1CCN(S(=O)(=O)c2ccc(Cl)cc2Br)C1. The van der Waals surface area contributed by atoms with E-state index in [0.717, 1.165) is 13.0 Å². The number of nitrogens with zero attached hydrogens (tertiary/aromatic N) is 1. The van der Waals surface area contributed by atoms with E-state index in [1.54, 1.807) is 22.5 Å². The van der Waals surface area contributed by atoms with E-state index in [9.17, 15) is 8.42 Å². The number of sulfonamides is 1. The van der Waals surface area contributed by atoms with E-state index in [-0.39, 0.29) is 4.90 Å². The molecule has 4 nitrogen and oxygen atoms in total. The number of halogens is 2. The topological polar surface area (TPSA) is 49.4 Å². The molecule has 1 atom stereocenters. The zero-order chi connectivity index (χ0) is 14.0.